The number of carbonyl (C=O) groups is 1. The summed E-state index contributed by atoms with van der Waals surface area (Å²) in [5, 5.41) is 10.4. The minimum Gasteiger partial charge on any atom is -0.379 e. The minimum absolute atomic E-state index is 0.0329. The number of likely N-dealkylation sites (N-methyl/N-ethyl adjacent to an activating group) is 1. The lowest BCUT2D eigenvalue weighted by Crippen LogP contribution is -2.41. The quantitative estimate of drug-likeness (QED) is 0.783. The summed E-state index contributed by atoms with van der Waals surface area (Å²) < 4.78 is 9.00. The Morgan fingerprint density at radius 3 is 3.25 bits per heavy atom. The van der Waals surface area contributed by atoms with Crippen LogP contribution in [-0.4, -0.2) is 41.3 Å². The summed E-state index contributed by atoms with van der Waals surface area (Å²) in [5.74, 6) is -0.170. The van der Waals surface area contributed by atoms with Crippen molar-refractivity contribution in [1.82, 2.24) is 14.9 Å². The Bertz CT molecular complexity index is 343. The fraction of sp³-hybridized carbons (Fsp3) is 0.667. The van der Waals surface area contributed by atoms with E-state index in [4.69, 9.17) is 4.74 Å². The van der Waals surface area contributed by atoms with E-state index in [0.29, 0.717) is 18.2 Å². The molecule has 2 atom stereocenters. The first-order valence-corrected chi connectivity index (χ1v) is 5.98. The Kier molecular flexibility index (Phi) is 3.81. The normalized spacial score (nSPS) is 24.6. The minimum atomic E-state index is -0.137. The highest BCUT2D eigenvalue weighted by molar-refractivity contribution is 7.10. The Morgan fingerprint density at radius 1 is 1.69 bits per heavy atom. The van der Waals surface area contributed by atoms with Crippen LogP contribution >= 0.6 is 11.5 Å². The van der Waals surface area contributed by atoms with Crippen LogP contribution < -0.4 is 10.6 Å². The van der Waals surface area contributed by atoms with E-state index < -0.39 is 0 Å². The van der Waals surface area contributed by atoms with Gasteiger partial charge in [-0.1, -0.05) is 11.4 Å². The van der Waals surface area contributed by atoms with Gasteiger partial charge in [-0.2, -0.15) is 0 Å². The smallest absolute Gasteiger partial charge is 0.232 e. The molecule has 1 aliphatic heterocycles. The number of nitrogens with zero attached hydrogens (tertiary/aromatic N) is 2. The monoisotopic (exact) mass is 242 g/mol. The third-order valence-electron chi connectivity index (χ3n) is 2.49. The van der Waals surface area contributed by atoms with E-state index >= 15 is 0 Å². The Balaban J connectivity index is 1.93. The summed E-state index contributed by atoms with van der Waals surface area (Å²) in [4.78, 5) is 11.9. The number of hydrogen-bond donors (Lipinski definition) is 2. The maximum atomic E-state index is 11.9. The van der Waals surface area contributed by atoms with Crippen LogP contribution in [0.15, 0.2) is 6.20 Å². The van der Waals surface area contributed by atoms with E-state index in [0.717, 1.165) is 6.54 Å². The number of hydrogen-bond acceptors (Lipinski definition) is 6. The summed E-state index contributed by atoms with van der Waals surface area (Å²) in [6.45, 7) is 3.91. The van der Waals surface area contributed by atoms with Crippen LogP contribution in [0.5, 0.6) is 0 Å². The van der Waals surface area contributed by atoms with Gasteiger partial charge in [0.05, 0.1) is 25.3 Å². The molecule has 1 aliphatic rings. The van der Waals surface area contributed by atoms with Crippen LogP contribution in [0.25, 0.3) is 0 Å². The molecule has 2 N–H and O–H groups in total. The first-order chi connectivity index (χ1) is 7.81. The van der Waals surface area contributed by atoms with Crippen molar-refractivity contribution in [3.63, 3.8) is 0 Å². The fourth-order valence-corrected chi connectivity index (χ4v) is 2.14. The second-order valence-electron chi connectivity index (χ2n) is 3.58. The molecule has 1 aromatic rings. The van der Waals surface area contributed by atoms with Crippen molar-refractivity contribution in [2.75, 3.05) is 25.1 Å². The number of anilines is 1. The molecule has 0 aliphatic carbocycles. The Labute approximate surface area is 97.5 Å². The van der Waals surface area contributed by atoms with Gasteiger partial charge in [0.1, 0.15) is 5.00 Å². The van der Waals surface area contributed by atoms with Gasteiger partial charge in [-0.3, -0.25) is 4.79 Å². The molecule has 1 fully saturated rings. The lowest BCUT2D eigenvalue weighted by Gasteiger charge is -2.16. The second kappa shape index (κ2) is 5.33. The van der Waals surface area contributed by atoms with Gasteiger partial charge in [-0.05, 0) is 6.54 Å². The van der Waals surface area contributed by atoms with Gasteiger partial charge >= 0.3 is 0 Å². The summed E-state index contributed by atoms with van der Waals surface area (Å²) in [7, 11) is 0. The number of nitrogens with one attached hydrogen (secondary N) is 2. The molecule has 6 nitrogen and oxygen atoms in total. The molecular formula is C9H14N4O2S. The summed E-state index contributed by atoms with van der Waals surface area (Å²) in [6, 6.07) is 0.103. The predicted molar refractivity (Wildman–Crippen MR) is 60.3 cm³/mol. The maximum absolute atomic E-state index is 11.9. The largest absolute Gasteiger partial charge is 0.379 e. The molecule has 88 valence electrons. The van der Waals surface area contributed by atoms with Crippen molar-refractivity contribution < 1.29 is 9.53 Å². The van der Waals surface area contributed by atoms with Crippen LogP contribution in [-0.2, 0) is 9.53 Å². The van der Waals surface area contributed by atoms with Crippen LogP contribution in [0.1, 0.15) is 6.92 Å². The van der Waals surface area contributed by atoms with Gasteiger partial charge in [-0.15, -0.1) is 5.10 Å². The molecular weight excluding hydrogens is 228 g/mol. The molecule has 2 rings (SSSR count). The van der Waals surface area contributed by atoms with Crippen molar-refractivity contribution in [1.29, 1.82) is 0 Å². The highest BCUT2D eigenvalue weighted by Gasteiger charge is 2.33. The third kappa shape index (κ3) is 2.55. The van der Waals surface area contributed by atoms with Crippen molar-refractivity contribution >= 4 is 22.4 Å². The van der Waals surface area contributed by atoms with Gasteiger partial charge in [0.25, 0.3) is 0 Å². The van der Waals surface area contributed by atoms with Crippen molar-refractivity contribution in [2.45, 2.75) is 13.0 Å². The summed E-state index contributed by atoms with van der Waals surface area (Å²) >= 11 is 1.17. The zero-order chi connectivity index (χ0) is 11.4. The van der Waals surface area contributed by atoms with E-state index in [1.807, 2.05) is 6.92 Å². The van der Waals surface area contributed by atoms with E-state index in [1.165, 1.54) is 11.5 Å². The van der Waals surface area contributed by atoms with Gasteiger partial charge in [-0.25, -0.2) is 0 Å². The zero-order valence-corrected chi connectivity index (χ0v) is 9.79. The lowest BCUT2D eigenvalue weighted by atomic mass is 10.0. The van der Waals surface area contributed by atoms with Gasteiger partial charge in [0.2, 0.25) is 5.91 Å². The van der Waals surface area contributed by atoms with E-state index in [9.17, 15) is 4.79 Å². The van der Waals surface area contributed by atoms with Crippen LogP contribution in [0.2, 0.25) is 0 Å². The molecule has 1 aromatic heterocycles. The van der Waals surface area contributed by atoms with E-state index in [2.05, 4.69) is 20.2 Å². The molecule has 1 amide bonds. The zero-order valence-electron chi connectivity index (χ0n) is 8.97. The van der Waals surface area contributed by atoms with E-state index in [-0.39, 0.29) is 17.9 Å². The second-order valence-corrected chi connectivity index (χ2v) is 4.36. The average Bonchev–Trinajstić information content (AvgIpc) is 2.89. The number of aromatic nitrogens is 2. The van der Waals surface area contributed by atoms with Crippen LogP contribution in [0.4, 0.5) is 5.00 Å². The Hall–Kier alpha value is -1.05. The van der Waals surface area contributed by atoms with Crippen molar-refractivity contribution in [3.05, 3.63) is 6.20 Å². The predicted octanol–water partition coefficient (Wildman–Crippen LogP) is 0.101. The highest BCUT2D eigenvalue weighted by atomic mass is 32.1. The van der Waals surface area contributed by atoms with E-state index in [1.54, 1.807) is 6.20 Å². The lowest BCUT2D eigenvalue weighted by molar-refractivity contribution is -0.120. The van der Waals surface area contributed by atoms with Crippen LogP contribution in [0, 0.1) is 5.92 Å². The number of ether oxygens (including phenoxy) is 1. The maximum Gasteiger partial charge on any atom is 0.232 e. The fourth-order valence-electron chi connectivity index (χ4n) is 1.71. The molecule has 2 unspecified atom stereocenters. The van der Waals surface area contributed by atoms with Crippen molar-refractivity contribution in [3.8, 4) is 0 Å². The van der Waals surface area contributed by atoms with Crippen LogP contribution in [0.3, 0.4) is 0 Å². The molecule has 0 radical (unpaired) electrons. The Morgan fingerprint density at radius 2 is 2.56 bits per heavy atom. The molecule has 7 heteroatoms. The molecule has 16 heavy (non-hydrogen) atoms. The molecule has 0 bridgehead atoms. The molecule has 0 spiro atoms. The summed E-state index contributed by atoms with van der Waals surface area (Å²) in [6.07, 6.45) is 1.54. The SMILES string of the molecule is CCNC1COCC1C(=O)Nc1cnns1. The summed E-state index contributed by atoms with van der Waals surface area (Å²) in [5.41, 5.74) is 0. The van der Waals surface area contributed by atoms with Gasteiger partial charge in [0, 0.05) is 17.6 Å². The molecule has 1 saturated heterocycles. The first-order valence-electron chi connectivity index (χ1n) is 5.20. The van der Waals surface area contributed by atoms with Gasteiger partial charge in [0.15, 0.2) is 0 Å². The molecule has 0 aromatic carbocycles. The standard InChI is InChI=1S/C9H14N4O2S/c1-2-10-7-5-15-4-6(7)9(14)12-8-3-11-13-16-8/h3,6-7,10H,2,4-5H2,1H3,(H,12,14). The average molecular weight is 242 g/mol. The highest BCUT2D eigenvalue weighted by Crippen LogP contribution is 2.17. The number of amides is 1. The molecule has 2 heterocycles. The first kappa shape index (κ1) is 11.4. The number of carbonyl (C=O) groups excluding carboxylic acids is 1. The molecule has 0 saturated carbocycles. The van der Waals surface area contributed by atoms with Gasteiger partial charge < -0.3 is 15.4 Å². The topological polar surface area (TPSA) is 76.1 Å². The number of rotatable bonds is 4. The van der Waals surface area contributed by atoms with Crippen molar-refractivity contribution in [2.24, 2.45) is 5.92 Å². The third-order valence-corrected chi connectivity index (χ3v) is 3.07.